The van der Waals surface area contributed by atoms with Crippen molar-refractivity contribution in [1.29, 1.82) is 0 Å². The molecule has 6 heteroatoms. The molecule has 0 saturated heterocycles. The molecule has 0 aliphatic rings. The van der Waals surface area contributed by atoms with Crippen LogP contribution in [0.4, 0.5) is 0 Å². The first kappa shape index (κ1) is 17.8. The number of hydrogen-bond donors (Lipinski definition) is 2. The number of rotatable bonds is 6. The number of hydrogen-bond acceptors (Lipinski definition) is 4. The Morgan fingerprint density at radius 2 is 1.81 bits per heavy atom. The zero-order chi connectivity index (χ0) is 18.5. The van der Waals surface area contributed by atoms with Crippen LogP contribution in [0.3, 0.4) is 0 Å². The highest BCUT2D eigenvalue weighted by atomic mass is 32.1. The first-order valence-corrected chi connectivity index (χ1v) is 9.07. The lowest BCUT2D eigenvalue weighted by atomic mass is 10.1. The minimum absolute atomic E-state index is 0.282. The van der Waals surface area contributed by atoms with Gasteiger partial charge in [0.25, 0.3) is 5.91 Å². The van der Waals surface area contributed by atoms with Gasteiger partial charge in [0.2, 0.25) is 5.91 Å². The van der Waals surface area contributed by atoms with Crippen molar-refractivity contribution in [2.45, 2.75) is 19.4 Å². The molecule has 0 spiro atoms. The highest BCUT2D eigenvalue weighted by molar-refractivity contribution is 7.13. The van der Waals surface area contributed by atoms with E-state index in [2.05, 4.69) is 10.3 Å². The Labute approximate surface area is 155 Å². The maximum absolute atomic E-state index is 12.5. The summed E-state index contributed by atoms with van der Waals surface area (Å²) in [5.41, 5.74) is 8.77. The molecule has 0 radical (unpaired) electrons. The summed E-state index contributed by atoms with van der Waals surface area (Å²) >= 11 is 1.39. The van der Waals surface area contributed by atoms with Gasteiger partial charge >= 0.3 is 0 Å². The summed E-state index contributed by atoms with van der Waals surface area (Å²) in [7, 11) is 0. The minimum atomic E-state index is -0.783. The van der Waals surface area contributed by atoms with E-state index in [9.17, 15) is 9.59 Å². The maximum Gasteiger partial charge on any atom is 0.271 e. The number of benzene rings is 2. The van der Waals surface area contributed by atoms with Crippen LogP contribution in [-0.2, 0) is 11.2 Å². The zero-order valence-corrected chi connectivity index (χ0v) is 15.1. The summed E-state index contributed by atoms with van der Waals surface area (Å²) in [6.45, 7) is 2.02. The molecule has 0 saturated carbocycles. The van der Waals surface area contributed by atoms with Crippen molar-refractivity contribution in [2.24, 2.45) is 5.73 Å². The lowest BCUT2D eigenvalue weighted by molar-refractivity contribution is -0.119. The molecule has 0 bridgehead atoms. The van der Waals surface area contributed by atoms with Gasteiger partial charge in [-0.1, -0.05) is 60.2 Å². The number of nitrogens with zero attached hydrogens (tertiary/aromatic N) is 1. The number of amides is 2. The Kier molecular flexibility index (Phi) is 5.43. The fourth-order valence-electron chi connectivity index (χ4n) is 2.51. The van der Waals surface area contributed by atoms with Crippen LogP contribution in [0.15, 0.2) is 60.0 Å². The fraction of sp³-hybridized carbons (Fsp3) is 0.150. The third kappa shape index (κ3) is 4.34. The second-order valence-corrected chi connectivity index (χ2v) is 6.88. The molecule has 1 atom stereocenters. The van der Waals surface area contributed by atoms with Crippen molar-refractivity contribution in [1.82, 2.24) is 10.3 Å². The summed E-state index contributed by atoms with van der Waals surface area (Å²) in [6.07, 6.45) is 0.344. The average molecular weight is 365 g/mol. The van der Waals surface area contributed by atoms with Crippen molar-refractivity contribution in [3.8, 4) is 10.6 Å². The molecule has 0 aliphatic heterocycles. The number of primary amides is 1. The number of aryl methyl sites for hydroxylation is 1. The number of aromatic nitrogens is 1. The standard InChI is InChI=1S/C20H19N3O2S/c1-13-7-9-15(10-8-13)20-23-17(12-26-20)19(25)22-16(18(21)24)11-14-5-3-2-4-6-14/h2-10,12,16H,11H2,1H3,(H2,21,24)(H,22,25). The molecule has 3 N–H and O–H groups in total. The number of nitrogens with two attached hydrogens (primary N) is 1. The Bertz CT molecular complexity index is 904. The number of carbonyl (C=O) groups is 2. The zero-order valence-electron chi connectivity index (χ0n) is 14.3. The van der Waals surface area contributed by atoms with E-state index < -0.39 is 17.9 Å². The molecule has 1 unspecified atom stereocenters. The summed E-state index contributed by atoms with van der Waals surface area (Å²) in [5, 5.41) is 5.13. The van der Waals surface area contributed by atoms with E-state index in [0.717, 1.165) is 21.7 Å². The van der Waals surface area contributed by atoms with Crippen LogP contribution in [0.1, 0.15) is 21.6 Å². The smallest absolute Gasteiger partial charge is 0.271 e. The van der Waals surface area contributed by atoms with E-state index in [-0.39, 0.29) is 5.69 Å². The summed E-state index contributed by atoms with van der Waals surface area (Å²) in [5.74, 6) is -0.976. The second-order valence-electron chi connectivity index (χ2n) is 6.02. The third-order valence-corrected chi connectivity index (χ3v) is 4.86. The Balaban J connectivity index is 1.72. The SMILES string of the molecule is Cc1ccc(-c2nc(C(=O)NC(Cc3ccccc3)C(N)=O)cs2)cc1. The van der Waals surface area contributed by atoms with Crippen LogP contribution in [-0.4, -0.2) is 22.8 Å². The quantitative estimate of drug-likeness (QED) is 0.704. The van der Waals surface area contributed by atoms with Gasteiger partial charge in [0.1, 0.15) is 16.7 Å². The molecule has 0 aliphatic carbocycles. The number of thiazole rings is 1. The lowest BCUT2D eigenvalue weighted by Gasteiger charge is -2.14. The first-order chi connectivity index (χ1) is 12.5. The Morgan fingerprint density at radius 1 is 1.12 bits per heavy atom. The van der Waals surface area contributed by atoms with E-state index >= 15 is 0 Å². The van der Waals surface area contributed by atoms with Gasteiger partial charge in [-0.05, 0) is 12.5 Å². The number of nitrogens with one attached hydrogen (secondary N) is 1. The van der Waals surface area contributed by atoms with Gasteiger partial charge < -0.3 is 11.1 Å². The van der Waals surface area contributed by atoms with Gasteiger partial charge in [-0.2, -0.15) is 0 Å². The van der Waals surface area contributed by atoms with Crippen LogP contribution in [0, 0.1) is 6.92 Å². The largest absolute Gasteiger partial charge is 0.368 e. The lowest BCUT2D eigenvalue weighted by Crippen LogP contribution is -2.45. The van der Waals surface area contributed by atoms with Crippen LogP contribution in [0.25, 0.3) is 10.6 Å². The van der Waals surface area contributed by atoms with Gasteiger partial charge in [0.05, 0.1) is 0 Å². The topological polar surface area (TPSA) is 85.1 Å². The van der Waals surface area contributed by atoms with E-state index in [4.69, 9.17) is 5.73 Å². The molecule has 3 rings (SSSR count). The summed E-state index contributed by atoms with van der Waals surface area (Å²) in [4.78, 5) is 28.6. The summed E-state index contributed by atoms with van der Waals surface area (Å²) in [6, 6.07) is 16.6. The van der Waals surface area contributed by atoms with Gasteiger partial charge in [0, 0.05) is 17.4 Å². The molecule has 1 heterocycles. The average Bonchev–Trinajstić information content (AvgIpc) is 3.13. The maximum atomic E-state index is 12.5. The molecule has 1 aromatic heterocycles. The highest BCUT2D eigenvalue weighted by Crippen LogP contribution is 2.24. The van der Waals surface area contributed by atoms with Gasteiger partial charge in [0.15, 0.2) is 0 Å². The second kappa shape index (κ2) is 7.93. The minimum Gasteiger partial charge on any atom is -0.368 e. The molecule has 0 fully saturated rings. The molecule has 26 heavy (non-hydrogen) atoms. The van der Waals surface area contributed by atoms with E-state index in [0.29, 0.717) is 6.42 Å². The summed E-state index contributed by atoms with van der Waals surface area (Å²) < 4.78 is 0. The first-order valence-electron chi connectivity index (χ1n) is 8.19. The number of carbonyl (C=O) groups excluding carboxylic acids is 2. The van der Waals surface area contributed by atoms with Crippen molar-refractivity contribution in [3.05, 3.63) is 76.8 Å². The highest BCUT2D eigenvalue weighted by Gasteiger charge is 2.21. The Hall–Kier alpha value is -2.99. The van der Waals surface area contributed by atoms with Gasteiger partial charge in [-0.15, -0.1) is 11.3 Å². The van der Waals surface area contributed by atoms with Crippen molar-refractivity contribution in [2.75, 3.05) is 0 Å². The van der Waals surface area contributed by atoms with Crippen LogP contribution < -0.4 is 11.1 Å². The normalized spacial score (nSPS) is 11.7. The van der Waals surface area contributed by atoms with E-state index in [1.165, 1.54) is 11.3 Å². The van der Waals surface area contributed by atoms with Crippen molar-refractivity contribution in [3.63, 3.8) is 0 Å². The molecular weight excluding hydrogens is 346 g/mol. The Morgan fingerprint density at radius 3 is 2.46 bits per heavy atom. The fourth-order valence-corrected chi connectivity index (χ4v) is 3.32. The monoisotopic (exact) mass is 365 g/mol. The molecule has 5 nitrogen and oxygen atoms in total. The molecule has 2 amide bonds. The van der Waals surface area contributed by atoms with E-state index in [1.54, 1.807) is 5.38 Å². The van der Waals surface area contributed by atoms with Crippen LogP contribution >= 0.6 is 11.3 Å². The van der Waals surface area contributed by atoms with Gasteiger partial charge in [-0.25, -0.2) is 4.98 Å². The van der Waals surface area contributed by atoms with E-state index in [1.807, 2.05) is 61.5 Å². The third-order valence-electron chi connectivity index (χ3n) is 3.97. The van der Waals surface area contributed by atoms with Crippen LogP contribution in [0.5, 0.6) is 0 Å². The van der Waals surface area contributed by atoms with Crippen LogP contribution in [0.2, 0.25) is 0 Å². The predicted molar refractivity (Wildman–Crippen MR) is 103 cm³/mol. The van der Waals surface area contributed by atoms with Crippen molar-refractivity contribution >= 4 is 23.2 Å². The molecule has 2 aromatic carbocycles. The molecule has 3 aromatic rings. The molecular formula is C20H19N3O2S. The molecule has 132 valence electrons. The van der Waals surface area contributed by atoms with Crippen molar-refractivity contribution < 1.29 is 9.59 Å². The van der Waals surface area contributed by atoms with Gasteiger partial charge in [-0.3, -0.25) is 9.59 Å². The predicted octanol–water partition coefficient (Wildman–Crippen LogP) is 2.94.